The number of hydrogen-bond donors (Lipinski definition) is 0. The fourth-order valence-electron chi connectivity index (χ4n) is 1.83. The molecule has 3 nitrogen and oxygen atoms in total. The minimum absolute atomic E-state index is 0.0342. The van der Waals surface area contributed by atoms with Crippen LogP contribution in [0.15, 0.2) is 42.0 Å². The number of nitrogens with zero attached hydrogens (tertiary/aromatic N) is 2. The summed E-state index contributed by atoms with van der Waals surface area (Å²) in [7, 11) is 0. The van der Waals surface area contributed by atoms with Crippen molar-refractivity contribution < 1.29 is 4.79 Å². The predicted molar refractivity (Wildman–Crippen MR) is 72.0 cm³/mol. The van der Waals surface area contributed by atoms with E-state index in [4.69, 9.17) is 0 Å². The van der Waals surface area contributed by atoms with Crippen molar-refractivity contribution >= 4 is 28.2 Å². The molecule has 0 unspecified atom stereocenters. The van der Waals surface area contributed by atoms with Crippen LogP contribution in [-0.2, 0) is 0 Å². The van der Waals surface area contributed by atoms with Crippen molar-refractivity contribution in [2.45, 2.75) is 6.92 Å². The zero-order valence-corrected chi connectivity index (χ0v) is 10.6. The first-order chi connectivity index (χ1) is 8.74. The number of thiophene rings is 1. The van der Waals surface area contributed by atoms with Gasteiger partial charge in [0.25, 0.3) is 0 Å². The largest absolute Gasteiger partial charge is 0.289 e. The molecule has 0 spiro atoms. The Bertz CT molecular complexity index is 733. The normalized spacial score (nSPS) is 10.7. The quantitative estimate of drug-likeness (QED) is 0.659. The maximum Gasteiger partial charge on any atom is 0.193 e. The van der Waals surface area contributed by atoms with Crippen molar-refractivity contribution in [1.82, 2.24) is 9.97 Å². The van der Waals surface area contributed by atoms with Crippen LogP contribution in [0.25, 0.3) is 11.0 Å². The van der Waals surface area contributed by atoms with E-state index < -0.39 is 0 Å². The van der Waals surface area contributed by atoms with E-state index in [1.165, 1.54) is 0 Å². The van der Waals surface area contributed by atoms with Gasteiger partial charge in [-0.3, -0.25) is 14.8 Å². The van der Waals surface area contributed by atoms with Gasteiger partial charge in [0.15, 0.2) is 5.78 Å². The van der Waals surface area contributed by atoms with Crippen molar-refractivity contribution in [1.29, 1.82) is 0 Å². The molecule has 0 radical (unpaired) electrons. The van der Waals surface area contributed by atoms with Crippen molar-refractivity contribution in [2.24, 2.45) is 0 Å². The van der Waals surface area contributed by atoms with Gasteiger partial charge in [-0.15, -0.1) is 11.3 Å². The Morgan fingerprint density at radius 2 is 1.83 bits per heavy atom. The highest BCUT2D eigenvalue weighted by atomic mass is 32.1. The molecule has 0 aliphatic carbocycles. The maximum absolute atomic E-state index is 12.3. The topological polar surface area (TPSA) is 42.9 Å². The Morgan fingerprint density at radius 1 is 1.06 bits per heavy atom. The second-order valence-electron chi connectivity index (χ2n) is 4.03. The lowest BCUT2D eigenvalue weighted by atomic mass is 10.1. The smallest absolute Gasteiger partial charge is 0.193 e. The van der Waals surface area contributed by atoms with Crippen molar-refractivity contribution in [3.05, 3.63) is 58.0 Å². The van der Waals surface area contributed by atoms with Crippen LogP contribution in [-0.4, -0.2) is 15.8 Å². The molecule has 2 heterocycles. The van der Waals surface area contributed by atoms with Gasteiger partial charge in [0.2, 0.25) is 0 Å². The molecule has 0 N–H and O–H groups in total. The predicted octanol–water partition coefficient (Wildman–Crippen LogP) is 3.23. The van der Waals surface area contributed by atoms with Gasteiger partial charge in [0.05, 0.1) is 11.0 Å². The number of ketones is 1. The Morgan fingerprint density at radius 3 is 2.56 bits per heavy atom. The van der Waals surface area contributed by atoms with Crippen LogP contribution >= 0.6 is 11.3 Å². The van der Waals surface area contributed by atoms with Crippen LogP contribution in [0.2, 0.25) is 0 Å². The summed E-state index contributed by atoms with van der Waals surface area (Å²) in [6.45, 7) is 1.99. The van der Waals surface area contributed by atoms with Crippen LogP contribution in [0.1, 0.15) is 20.8 Å². The van der Waals surface area contributed by atoms with Crippen LogP contribution in [0, 0.1) is 6.92 Å². The fraction of sp³-hybridized carbons (Fsp3) is 0.0714. The first-order valence-corrected chi connectivity index (χ1v) is 6.42. The summed E-state index contributed by atoms with van der Waals surface area (Å²) in [6, 6.07) is 7.33. The zero-order chi connectivity index (χ0) is 12.5. The SMILES string of the molecule is Cc1cc(C(=O)c2ccc3nccnc3c2)cs1. The lowest BCUT2D eigenvalue weighted by molar-refractivity contribution is 0.103. The van der Waals surface area contributed by atoms with Gasteiger partial charge in [0, 0.05) is 33.8 Å². The molecular formula is C14H10N2OS. The van der Waals surface area contributed by atoms with Gasteiger partial charge in [-0.1, -0.05) is 0 Å². The number of rotatable bonds is 2. The van der Waals surface area contributed by atoms with E-state index in [0.717, 1.165) is 21.5 Å². The van der Waals surface area contributed by atoms with Crippen molar-refractivity contribution in [3.8, 4) is 0 Å². The number of hydrogen-bond acceptors (Lipinski definition) is 4. The van der Waals surface area contributed by atoms with Crippen LogP contribution in [0.4, 0.5) is 0 Å². The molecule has 1 aromatic carbocycles. The molecule has 0 aliphatic rings. The van der Waals surface area contributed by atoms with E-state index in [9.17, 15) is 4.79 Å². The molecule has 0 aliphatic heterocycles. The van der Waals surface area contributed by atoms with E-state index >= 15 is 0 Å². The van der Waals surface area contributed by atoms with Crippen molar-refractivity contribution in [2.75, 3.05) is 0 Å². The van der Waals surface area contributed by atoms with Gasteiger partial charge in [0.1, 0.15) is 0 Å². The van der Waals surface area contributed by atoms with E-state index in [1.807, 2.05) is 24.4 Å². The van der Waals surface area contributed by atoms with E-state index in [0.29, 0.717) is 5.56 Å². The average molecular weight is 254 g/mol. The molecule has 3 aromatic rings. The Labute approximate surface area is 108 Å². The highest BCUT2D eigenvalue weighted by molar-refractivity contribution is 7.10. The first kappa shape index (κ1) is 11.0. The summed E-state index contributed by atoms with van der Waals surface area (Å²) in [4.78, 5) is 21.8. The van der Waals surface area contributed by atoms with Gasteiger partial charge in [-0.25, -0.2) is 0 Å². The Kier molecular flexibility index (Phi) is 2.64. The third-order valence-corrected chi connectivity index (χ3v) is 3.59. The van der Waals surface area contributed by atoms with Gasteiger partial charge < -0.3 is 0 Å². The Hall–Kier alpha value is -2.07. The van der Waals surface area contributed by atoms with E-state index in [-0.39, 0.29) is 5.78 Å². The average Bonchev–Trinajstić information content (AvgIpc) is 2.84. The minimum Gasteiger partial charge on any atom is -0.289 e. The molecule has 0 bridgehead atoms. The van der Waals surface area contributed by atoms with Crippen LogP contribution in [0.5, 0.6) is 0 Å². The second kappa shape index (κ2) is 4.31. The fourth-order valence-corrected chi connectivity index (χ4v) is 2.52. The summed E-state index contributed by atoms with van der Waals surface area (Å²) in [5, 5.41) is 1.89. The summed E-state index contributed by atoms with van der Waals surface area (Å²) >= 11 is 1.58. The third kappa shape index (κ3) is 1.91. The minimum atomic E-state index is 0.0342. The molecule has 0 atom stereocenters. The highest BCUT2D eigenvalue weighted by Gasteiger charge is 2.11. The molecule has 4 heteroatoms. The van der Waals surface area contributed by atoms with Gasteiger partial charge in [-0.05, 0) is 31.2 Å². The van der Waals surface area contributed by atoms with Crippen LogP contribution in [0.3, 0.4) is 0 Å². The van der Waals surface area contributed by atoms with Crippen LogP contribution < -0.4 is 0 Å². The van der Waals surface area contributed by atoms with Crippen molar-refractivity contribution in [3.63, 3.8) is 0 Å². The number of benzene rings is 1. The lowest BCUT2D eigenvalue weighted by Crippen LogP contribution is -1.99. The number of carbonyl (C=O) groups is 1. The monoisotopic (exact) mass is 254 g/mol. The zero-order valence-electron chi connectivity index (χ0n) is 9.75. The molecular weight excluding hydrogens is 244 g/mol. The summed E-state index contributed by atoms with van der Waals surface area (Å²) in [5.74, 6) is 0.0342. The lowest BCUT2D eigenvalue weighted by Gasteiger charge is -2.00. The molecule has 0 saturated carbocycles. The highest BCUT2D eigenvalue weighted by Crippen LogP contribution is 2.19. The van der Waals surface area contributed by atoms with E-state index in [1.54, 1.807) is 35.9 Å². The summed E-state index contributed by atoms with van der Waals surface area (Å²) in [6.07, 6.45) is 3.28. The molecule has 2 aromatic heterocycles. The Balaban J connectivity index is 2.06. The van der Waals surface area contributed by atoms with Gasteiger partial charge >= 0.3 is 0 Å². The molecule has 18 heavy (non-hydrogen) atoms. The molecule has 0 amide bonds. The number of aryl methyl sites for hydroxylation is 1. The summed E-state index contributed by atoms with van der Waals surface area (Å²) < 4.78 is 0. The van der Waals surface area contributed by atoms with Gasteiger partial charge in [-0.2, -0.15) is 0 Å². The standard InChI is InChI=1S/C14H10N2OS/c1-9-6-11(8-18-9)14(17)10-2-3-12-13(7-10)16-5-4-15-12/h2-8H,1H3. The molecule has 0 fully saturated rings. The second-order valence-corrected chi connectivity index (χ2v) is 5.15. The number of fused-ring (bicyclic) bond motifs is 1. The number of aromatic nitrogens is 2. The summed E-state index contributed by atoms with van der Waals surface area (Å²) in [5.41, 5.74) is 2.94. The molecule has 3 rings (SSSR count). The first-order valence-electron chi connectivity index (χ1n) is 5.54. The third-order valence-electron chi connectivity index (χ3n) is 2.72. The number of carbonyl (C=O) groups excluding carboxylic acids is 1. The molecule has 0 saturated heterocycles. The maximum atomic E-state index is 12.3. The van der Waals surface area contributed by atoms with E-state index in [2.05, 4.69) is 9.97 Å². The molecule has 88 valence electrons.